The van der Waals surface area contributed by atoms with E-state index >= 15 is 0 Å². The van der Waals surface area contributed by atoms with Gasteiger partial charge in [0.05, 0.1) is 13.2 Å². The van der Waals surface area contributed by atoms with Crippen LogP contribution in [0, 0.1) is 0 Å². The van der Waals surface area contributed by atoms with Crippen LogP contribution >= 0.6 is 0 Å². The van der Waals surface area contributed by atoms with Crippen LogP contribution < -0.4 is 9.47 Å². The largest absolute Gasteiger partial charge is 0.493 e. The fourth-order valence-electron chi connectivity index (χ4n) is 3.95. The van der Waals surface area contributed by atoms with Gasteiger partial charge in [0, 0.05) is 12.5 Å². The molecule has 1 N–H and O–H groups in total. The van der Waals surface area contributed by atoms with Crippen LogP contribution in [0.2, 0.25) is 6.32 Å². The van der Waals surface area contributed by atoms with Gasteiger partial charge in [0.15, 0.2) is 11.5 Å². The molecule has 1 unspecified atom stereocenters. The van der Waals surface area contributed by atoms with E-state index in [2.05, 4.69) is 36.4 Å². The highest BCUT2D eigenvalue weighted by molar-refractivity contribution is 6.43. The Hall–Kier alpha value is -1.98. The summed E-state index contributed by atoms with van der Waals surface area (Å²) in [5.41, 5.74) is 3.45. The van der Waals surface area contributed by atoms with E-state index in [0.29, 0.717) is 19.0 Å². The second-order valence-corrected chi connectivity index (χ2v) is 7.24. The maximum Gasteiger partial charge on any atom is 0.454 e. The standard InChI is InChI=1S/C21H25BO4/c1-24-20-10-9-17(12-21(20)26-19-7-2-3-8-19)15-5-4-6-16(11-15)18-13-22(23)25-14-18/h4-6,9-12,18-19,23H,2-3,7-8,13-14H2,1H3. The van der Waals surface area contributed by atoms with Crippen LogP contribution in [0.25, 0.3) is 11.1 Å². The number of benzene rings is 2. The molecule has 2 aliphatic rings. The van der Waals surface area contributed by atoms with Crippen molar-refractivity contribution in [1.82, 2.24) is 0 Å². The van der Waals surface area contributed by atoms with Gasteiger partial charge in [0.25, 0.3) is 0 Å². The van der Waals surface area contributed by atoms with Crippen LogP contribution in [0.3, 0.4) is 0 Å². The lowest BCUT2D eigenvalue weighted by Gasteiger charge is -2.17. The Morgan fingerprint density at radius 2 is 1.85 bits per heavy atom. The molecule has 0 radical (unpaired) electrons. The van der Waals surface area contributed by atoms with Crippen molar-refractivity contribution < 1.29 is 19.2 Å². The third-order valence-electron chi connectivity index (χ3n) is 5.43. The van der Waals surface area contributed by atoms with Crippen molar-refractivity contribution in [3.63, 3.8) is 0 Å². The molecule has 4 rings (SSSR count). The molecule has 1 aliphatic carbocycles. The molecule has 0 aromatic heterocycles. The summed E-state index contributed by atoms with van der Waals surface area (Å²) in [6.07, 6.45) is 5.67. The number of hydrogen-bond acceptors (Lipinski definition) is 4. The number of methoxy groups -OCH3 is 1. The highest BCUT2D eigenvalue weighted by Gasteiger charge is 2.29. The van der Waals surface area contributed by atoms with E-state index in [1.807, 2.05) is 6.07 Å². The molecular weight excluding hydrogens is 327 g/mol. The van der Waals surface area contributed by atoms with Gasteiger partial charge in [-0.1, -0.05) is 30.3 Å². The van der Waals surface area contributed by atoms with E-state index < -0.39 is 7.12 Å². The highest BCUT2D eigenvalue weighted by atomic mass is 16.5. The summed E-state index contributed by atoms with van der Waals surface area (Å²) < 4.78 is 17.0. The summed E-state index contributed by atoms with van der Waals surface area (Å²) >= 11 is 0. The Bertz CT molecular complexity index is 757. The van der Waals surface area contributed by atoms with Gasteiger partial charge in [-0.2, -0.15) is 0 Å². The van der Waals surface area contributed by atoms with Crippen molar-refractivity contribution in [3.05, 3.63) is 48.0 Å². The molecular formula is C21H25BO4. The van der Waals surface area contributed by atoms with Gasteiger partial charge in [-0.05, 0) is 60.8 Å². The van der Waals surface area contributed by atoms with Crippen molar-refractivity contribution in [1.29, 1.82) is 0 Å². The van der Waals surface area contributed by atoms with E-state index in [-0.39, 0.29) is 5.92 Å². The maximum atomic E-state index is 9.62. The zero-order valence-electron chi connectivity index (χ0n) is 15.2. The van der Waals surface area contributed by atoms with Crippen LogP contribution in [0.1, 0.15) is 37.2 Å². The van der Waals surface area contributed by atoms with E-state index in [1.54, 1.807) is 7.11 Å². The number of hydrogen-bond donors (Lipinski definition) is 1. The third kappa shape index (κ3) is 3.74. The van der Waals surface area contributed by atoms with Crippen LogP contribution in [0.5, 0.6) is 11.5 Å². The minimum Gasteiger partial charge on any atom is -0.493 e. The van der Waals surface area contributed by atoms with Gasteiger partial charge in [0.1, 0.15) is 0 Å². The average molecular weight is 352 g/mol. The normalized spacial score (nSPS) is 20.5. The molecule has 1 saturated heterocycles. The van der Waals surface area contributed by atoms with Gasteiger partial charge >= 0.3 is 7.12 Å². The fraction of sp³-hybridized carbons (Fsp3) is 0.429. The highest BCUT2D eigenvalue weighted by Crippen LogP contribution is 2.37. The van der Waals surface area contributed by atoms with Gasteiger partial charge in [0.2, 0.25) is 0 Å². The molecule has 0 bridgehead atoms. The maximum absolute atomic E-state index is 9.62. The van der Waals surface area contributed by atoms with Gasteiger partial charge < -0.3 is 19.2 Å². The lowest BCUT2D eigenvalue weighted by Crippen LogP contribution is -2.11. The molecule has 2 aromatic carbocycles. The number of ether oxygens (including phenoxy) is 2. The second-order valence-electron chi connectivity index (χ2n) is 7.24. The molecule has 0 spiro atoms. The lowest BCUT2D eigenvalue weighted by molar-refractivity contribution is 0.201. The van der Waals surface area contributed by atoms with Crippen LogP contribution in [0.15, 0.2) is 42.5 Å². The Morgan fingerprint density at radius 1 is 1.04 bits per heavy atom. The molecule has 1 aliphatic heterocycles. The Kier molecular flexibility index (Phi) is 5.18. The molecule has 5 heteroatoms. The van der Waals surface area contributed by atoms with Crippen LogP contribution in [-0.4, -0.2) is 32.0 Å². The Labute approximate surface area is 155 Å². The van der Waals surface area contributed by atoms with Crippen molar-refractivity contribution in [3.8, 4) is 22.6 Å². The van der Waals surface area contributed by atoms with E-state index in [1.165, 1.54) is 18.4 Å². The molecule has 136 valence electrons. The first-order valence-corrected chi connectivity index (χ1v) is 9.47. The first-order chi connectivity index (χ1) is 12.7. The average Bonchev–Trinajstić information content (AvgIpc) is 3.33. The zero-order valence-corrected chi connectivity index (χ0v) is 15.2. The smallest absolute Gasteiger partial charge is 0.454 e. The van der Waals surface area contributed by atoms with Crippen LogP contribution in [-0.2, 0) is 4.65 Å². The van der Waals surface area contributed by atoms with Gasteiger partial charge in [-0.3, -0.25) is 0 Å². The summed E-state index contributed by atoms with van der Waals surface area (Å²) in [4.78, 5) is 0. The van der Waals surface area contributed by atoms with Crippen molar-refractivity contribution in [2.75, 3.05) is 13.7 Å². The molecule has 4 nitrogen and oxygen atoms in total. The first kappa shape index (κ1) is 17.4. The monoisotopic (exact) mass is 352 g/mol. The summed E-state index contributed by atoms with van der Waals surface area (Å²) in [5, 5.41) is 9.62. The molecule has 1 atom stereocenters. The predicted octanol–water partition coefficient (Wildman–Crippen LogP) is 4.28. The molecule has 1 saturated carbocycles. The van der Waals surface area contributed by atoms with Gasteiger partial charge in [-0.15, -0.1) is 0 Å². The summed E-state index contributed by atoms with van der Waals surface area (Å²) in [5.74, 6) is 1.85. The Morgan fingerprint density at radius 3 is 2.58 bits per heavy atom. The summed E-state index contributed by atoms with van der Waals surface area (Å²) in [7, 11) is 1.04. The summed E-state index contributed by atoms with van der Waals surface area (Å²) in [6.45, 7) is 0.573. The van der Waals surface area contributed by atoms with Crippen LogP contribution in [0.4, 0.5) is 0 Å². The topological polar surface area (TPSA) is 47.9 Å². The third-order valence-corrected chi connectivity index (χ3v) is 5.43. The molecule has 2 aromatic rings. The minimum absolute atomic E-state index is 0.248. The second kappa shape index (κ2) is 7.72. The molecule has 2 fully saturated rings. The van der Waals surface area contributed by atoms with Gasteiger partial charge in [-0.25, -0.2) is 0 Å². The quantitative estimate of drug-likeness (QED) is 0.816. The SMILES string of the molecule is COc1ccc(-c2cccc(C3COB(O)C3)c2)cc1OC1CCCC1. The van der Waals surface area contributed by atoms with Crippen molar-refractivity contribution in [2.24, 2.45) is 0 Å². The zero-order chi connectivity index (χ0) is 17.9. The summed E-state index contributed by atoms with van der Waals surface area (Å²) in [6, 6.07) is 14.6. The van der Waals surface area contributed by atoms with Crippen molar-refractivity contribution >= 4 is 7.12 Å². The molecule has 26 heavy (non-hydrogen) atoms. The van der Waals surface area contributed by atoms with E-state index in [4.69, 9.17) is 14.1 Å². The lowest BCUT2D eigenvalue weighted by atomic mass is 9.79. The fourth-order valence-corrected chi connectivity index (χ4v) is 3.95. The minimum atomic E-state index is -0.643. The van der Waals surface area contributed by atoms with E-state index in [9.17, 15) is 5.02 Å². The number of rotatable bonds is 5. The Balaban J connectivity index is 1.60. The van der Waals surface area contributed by atoms with E-state index in [0.717, 1.165) is 35.5 Å². The predicted molar refractivity (Wildman–Crippen MR) is 103 cm³/mol. The molecule has 0 amide bonds. The molecule has 1 heterocycles. The van der Waals surface area contributed by atoms with Crippen molar-refractivity contribution in [2.45, 2.75) is 44.0 Å². The first-order valence-electron chi connectivity index (χ1n) is 9.47.